The first kappa shape index (κ1) is 28.6. The van der Waals surface area contributed by atoms with Crippen molar-refractivity contribution in [1.82, 2.24) is 19.6 Å². The molecule has 0 aromatic heterocycles. The molecule has 0 aromatic carbocycles. The monoisotopic (exact) mass is 432 g/mol. The molecule has 0 aliphatic carbocycles. The van der Waals surface area contributed by atoms with Crippen LogP contribution in [0.5, 0.6) is 0 Å². The first-order valence-electron chi connectivity index (χ1n) is 7.49. The second kappa shape index (κ2) is 19.1. The van der Waals surface area contributed by atoms with E-state index in [4.69, 9.17) is 10.5 Å². The van der Waals surface area contributed by atoms with Crippen LogP contribution in [0.1, 0.15) is 12.8 Å². The van der Waals surface area contributed by atoms with Crippen molar-refractivity contribution >= 4 is 45.5 Å². The number of hydrogen-bond acceptors (Lipinski definition) is 6. The van der Waals surface area contributed by atoms with Gasteiger partial charge >= 0.3 is 62.6 Å². The maximum atomic E-state index is 7.00. The van der Waals surface area contributed by atoms with Gasteiger partial charge in [-0.1, -0.05) is 0 Å². The van der Waals surface area contributed by atoms with E-state index in [9.17, 15) is 0 Å². The predicted molar refractivity (Wildman–Crippen MR) is 85.0 cm³/mol. The van der Waals surface area contributed by atoms with Gasteiger partial charge in [-0.2, -0.15) is 0 Å². The summed E-state index contributed by atoms with van der Waals surface area (Å²) in [7, 11) is 8.97. The molecule has 0 spiro atoms. The standard InChI is InChI=1S/C14H32N4.Fe.O2.Sr/c1-15-7-5-8-17(3)13-14-18(4)10-6-9-16(2)12-11-15;;1-2;/h5-14H2,1-4H3;;;/q;+3;-2;+2. The van der Waals surface area contributed by atoms with Crippen LogP contribution in [-0.2, 0) is 17.1 Å². The smallest absolute Gasteiger partial charge is 1.00 e. The molecule has 127 valence electrons. The molecule has 0 amide bonds. The molecule has 8 heteroatoms. The van der Waals surface area contributed by atoms with Crippen LogP contribution in [0, 0.1) is 0 Å². The van der Waals surface area contributed by atoms with Crippen LogP contribution in [0.25, 0.3) is 0 Å². The zero-order valence-electron chi connectivity index (χ0n) is 14.7. The second-order valence-electron chi connectivity index (χ2n) is 5.92. The van der Waals surface area contributed by atoms with Crippen molar-refractivity contribution in [1.29, 1.82) is 0 Å². The van der Waals surface area contributed by atoms with E-state index < -0.39 is 0 Å². The average Bonchev–Trinajstić information content (AvgIpc) is 2.44. The maximum Gasteiger partial charge on any atom is 3.00 e. The van der Waals surface area contributed by atoms with Gasteiger partial charge in [0.1, 0.15) is 0 Å². The molecule has 0 aromatic rings. The van der Waals surface area contributed by atoms with Crippen molar-refractivity contribution in [3.63, 3.8) is 0 Å². The SMILES string of the molecule is CN1CCCN(C)CCN(C)CCCN(C)CC1.[Fe+3].[O-][O-].[Sr+2]. The summed E-state index contributed by atoms with van der Waals surface area (Å²) in [5.74, 6) is 0. The van der Waals surface area contributed by atoms with Gasteiger partial charge in [-0.05, 0) is 67.2 Å². The van der Waals surface area contributed by atoms with Gasteiger partial charge < -0.3 is 30.1 Å². The quantitative estimate of drug-likeness (QED) is 0.245. The molecule has 1 heterocycles. The molecular weight excluding hydrogens is 400 g/mol. The van der Waals surface area contributed by atoms with Crippen LogP contribution in [0.15, 0.2) is 0 Å². The summed E-state index contributed by atoms with van der Waals surface area (Å²) < 4.78 is 0. The number of nitrogens with zero attached hydrogens (tertiary/aromatic N) is 4. The van der Waals surface area contributed by atoms with E-state index in [2.05, 4.69) is 47.8 Å². The summed E-state index contributed by atoms with van der Waals surface area (Å²) in [6, 6.07) is 0. The van der Waals surface area contributed by atoms with Crippen molar-refractivity contribution in [3.8, 4) is 0 Å². The molecule has 0 bridgehead atoms. The first-order chi connectivity index (χ1) is 9.58. The van der Waals surface area contributed by atoms with Crippen LogP contribution >= 0.6 is 0 Å². The number of rotatable bonds is 0. The zero-order valence-corrected chi connectivity index (χ0v) is 19.3. The van der Waals surface area contributed by atoms with E-state index in [0.717, 1.165) is 0 Å². The predicted octanol–water partition coefficient (Wildman–Crippen LogP) is -2.25. The van der Waals surface area contributed by atoms with Gasteiger partial charge in [0.05, 0.1) is 0 Å². The molecule has 0 atom stereocenters. The summed E-state index contributed by atoms with van der Waals surface area (Å²) in [4.78, 5) is 9.84. The normalized spacial score (nSPS) is 21.5. The third kappa shape index (κ3) is 16.6. The van der Waals surface area contributed by atoms with Crippen LogP contribution in [0.2, 0.25) is 0 Å². The van der Waals surface area contributed by atoms with Crippen LogP contribution in [-0.4, -0.2) is 146 Å². The van der Waals surface area contributed by atoms with Gasteiger partial charge in [0.2, 0.25) is 0 Å². The third-order valence-corrected chi connectivity index (χ3v) is 3.89. The molecule has 22 heavy (non-hydrogen) atoms. The van der Waals surface area contributed by atoms with Crippen molar-refractivity contribution < 1.29 is 27.6 Å². The van der Waals surface area contributed by atoms with Gasteiger partial charge in [-0.25, -0.2) is 0 Å². The second-order valence-corrected chi connectivity index (χ2v) is 5.92. The van der Waals surface area contributed by atoms with Gasteiger partial charge in [-0.15, -0.1) is 0 Å². The average molecular weight is 432 g/mol. The van der Waals surface area contributed by atoms with Crippen molar-refractivity contribution in [2.75, 3.05) is 80.5 Å². The molecule has 1 fully saturated rings. The summed E-state index contributed by atoms with van der Waals surface area (Å²) in [6.07, 6.45) is 2.56. The number of likely N-dealkylation sites (N-methyl/N-ethyl adjacent to an activating group) is 4. The molecule has 1 radical (unpaired) electrons. The minimum atomic E-state index is 0. The molecule has 1 aliphatic heterocycles. The Morgan fingerprint density at radius 3 is 0.864 bits per heavy atom. The van der Waals surface area contributed by atoms with E-state index in [0.29, 0.717) is 0 Å². The van der Waals surface area contributed by atoms with Gasteiger partial charge in [0, 0.05) is 26.2 Å². The molecule has 0 unspecified atom stereocenters. The molecule has 0 saturated carbocycles. The van der Waals surface area contributed by atoms with Gasteiger partial charge in [0.15, 0.2) is 0 Å². The Morgan fingerprint density at radius 2 is 0.682 bits per heavy atom. The Balaban J connectivity index is -0.000000864. The largest absolute Gasteiger partial charge is 3.00 e. The van der Waals surface area contributed by atoms with E-state index in [1.807, 2.05) is 0 Å². The minimum Gasteiger partial charge on any atom is -1.00 e. The number of hydrogen-bond donors (Lipinski definition) is 0. The summed E-state index contributed by atoms with van der Waals surface area (Å²) in [5, 5.41) is 14.0. The zero-order chi connectivity index (χ0) is 15.4. The topological polar surface area (TPSA) is 59.1 Å². The molecular formula is C14H32FeN4O2Sr+3. The van der Waals surface area contributed by atoms with Crippen molar-refractivity contribution in [2.24, 2.45) is 0 Å². The van der Waals surface area contributed by atoms with Crippen LogP contribution in [0.3, 0.4) is 0 Å². The molecule has 1 aliphatic rings. The van der Waals surface area contributed by atoms with E-state index >= 15 is 0 Å². The Morgan fingerprint density at radius 1 is 0.500 bits per heavy atom. The Bertz CT molecular complexity index is 189. The Hall–Kier alpha value is 1.76. The molecule has 1 saturated heterocycles. The third-order valence-electron chi connectivity index (χ3n) is 3.89. The molecule has 1 rings (SSSR count). The minimum absolute atomic E-state index is 0. The summed E-state index contributed by atoms with van der Waals surface area (Å²) >= 11 is 0. The van der Waals surface area contributed by atoms with Crippen molar-refractivity contribution in [2.45, 2.75) is 12.8 Å². The van der Waals surface area contributed by atoms with E-state index in [1.165, 1.54) is 65.2 Å². The first-order valence-corrected chi connectivity index (χ1v) is 7.49. The van der Waals surface area contributed by atoms with Crippen LogP contribution in [0.4, 0.5) is 0 Å². The fraction of sp³-hybridized carbons (Fsp3) is 1.00. The molecule has 6 nitrogen and oxygen atoms in total. The fourth-order valence-corrected chi connectivity index (χ4v) is 2.35. The Kier molecular flexibility index (Phi) is 24.8. The van der Waals surface area contributed by atoms with E-state index in [1.54, 1.807) is 0 Å². The fourth-order valence-electron chi connectivity index (χ4n) is 2.35. The van der Waals surface area contributed by atoms with Gasteiger partial charge in [-0.3, -0.25) is 0 Å². The van der Waals surface area contributed by atoms with Crippen LogP contribution < -0.4 is 10.5 Å². The van der Waals surface area contributed by atoms with E-state index in [-0.39, 0.29) is 62.6 Å². The molecule has 0 N–H and O–H groups in total. The van der Waals surface area contributed by atoms with Gasteiger partial charge in [0.25, 0.3) is 0 Å². The summed E-state index contributed by atoms with van der Waals surface area (Å²) in [6.45, 7) is 9.63. The summed E-state index contributed by atoms with van der Waals surface area (Å²) in [5.41, 5.74) is 0. The Labute approximate surface area is 184 Å². The van der Waals surface area contributed by atoms with Crippen molar-refractivity contribution in [3.05, 3.63) is 0 Å². The maximum absolute atomic E-state index is 7.00.